The Labute approximate surface area is 111 Å². The predicted octanol–water partition coefficient (Wildman–Crippen LogP) is 1.52. The van der Waals surface area contributed by atoms with E-state index in [0.717, 1.165) is 21.2 Å². The van der Waals surface area contributed by atoms with Crippen LogP contribution in [-0.4, -0.2) is 17.3 Å². The van der Waals surface area contributed by atoms with Crippen molar-refractivity contribution in [3.8, 4) is 17.2 Å². The molecule has 0 spiro atoms. The Hall–Kier alpha value is -2.42. The summed E-state index contributed by atoms with van der Waals surface area (Å²) in [4.78, 5) is 0. The first kappa shape index (κ1) is 13.0. The highest BCUT2D eigenvalue weighted by Crippen LogP contribution is 2.19. The van der Waals surface area contributed by atoms with Gasteiger partial charge in [0.1, 0.15) is 5.75 Å². The maximum atomic E-state index is 9.71. The molecule has 0 atom stereocenters. The number of phenols is 2. The molecule has 0 saturated heterocycles. The summed E-state index contributed by atoms with van der Waals surface area (Å²) in [7, 11) is 1.49. The Morgan fingerprint density at radius 3 is 2.00 bits per heavy atom. The van der Waals surface area contributed by atoms with E-state index in [1.165, 1.54) is 7.11 Å². The van der Waals surface area contributed by atoms with Gasteiger partial charge < -0.3 is 14.9 Å². The van der Waals surface area contributed by atoms with Crippen LogP contribution in [0.5, 0.6) is 17.2 Å². The Morgan fingerprint density at radius 2 is 1.42 bits per heavy atom. The van der Waals surface area contributed by atoms with Crippen molar-refractivity contribution in [2.75, 3.05) is 7.11 Å². The third-order valence-corrected chi connectivity index (χ3v) is 3.30. The smallest absolute Gasteiger partial charge is 0.167 e. The van der Waals surface area contributed by atoms with Crippen LogP contribution < -0.4 is 15.2 Å². The number of hydrogen-bond acceptors (Lipinski definition) is 3. The van der Waals surface area contributed by atoms with Gasteiger partial charge in [-0.15, -0.1) is 0 Å². The van der Waals surface area contributed by atoms with Gasteiger partial charge in [-0.3, -0.25) is 0 Å². The highest BCUT2D eigenvalue weighted by atomic mass is 16.5. The van der Waals surface area contributed by atoms with Crippen LogP contribution in [0.2, 0.25) is 0 Å². The van der Waals surface area contributed by atoms with Gasteiger partial charge in [-0.2, -0.15) is 0 Å². The molecule has 3 heteroatoms. The number of hydrogen-bond donors (Lipinski definition) is 2. The standard InChI is InChI=1S/C16H16O3/c1-9-10(2)14(17)7-5-12(9)13-6-8-15(18)16(19-4)11(13)3/h5-8,17-18H,1,3H2,2,4H3/b13-12+. The second kappa shape index (κ2) is 4.69. The van der Waals surface area contributed by atoms with Gasteiger partial charge in [0.25, 0.3) is 0 Å². The molecule has 2 aromatic rings. The van der Waals surface area contributed by atoms with Crippen LogP contribution in [0, 0.1) is 17.4 Å². The number of ether oxygens (including phenoxy) is 1. The van der Waals surface area contributed by atoms with E-state index in [1.54, 1.807) is 24.3 Å². The lowest BCUT2D eigenvalue weighted by Gasteiger charge is -2.05. The van der Waals surface area contributed by atoms with Gasteiger partial charge in [-0.05, 0) is 46.3 Å². The van der Waals surface area contributed by atoms with Gasteiger partial charge in [0.2, 0.25) is 0 Å². The first-order chi connectivity index (χ1) is 8.97. The van der Waals surface area contributed by atoms with Crippen LogP contribution in [0.25, 0.3) is 13.2 Å². The molecular formula is C16H16O3. The van der Waals surface area contributed by atoms with Crippen molar-refractivity contribution in [2.24, 2.45) is 0 Å². The molecule has 0 aromatic heterocycles. The molecule has 2 aromatic carbocycles. The fourth-order valence-electron chi connectivity index (χ4n) is 2.09. The van der Waals surface area contributed by atoms with Gasteiger partial charge in [0.15, 0.2) is 11.5 Å². The van der Waals surface area contributed by atoms with Crippen LogP contribution in [0.15, 0.2) is 24.3 Å². The van der Waals surface area contributed by atoms with E-state index in [-0.39, 0.29) is 11.5 Å². The van der Waals surface area contributed by atoms with Crippen molar-refractivity contribution in [2.45, 2.75) is 6.92 Å². The molecule has 3 nitrogen and oxygen atoms in total. The van der Waals surface area contributed by atoms with E-state index in [0.29, 0.717) is 11.0 Å². The van der Waals surface area contributed by atoms with Crippen LogP contribution in [0.1, 0.15) is 5.56 Å². The SMILES string of the molecule is C=c1c(C)c(O)cc/c1=c1/ccc(O)c(OC)c1=C. The Morgan fingerprint density at radius 1 is 0.895 bits per heavy atom. The molecule has 0 heterocycles. The second-order valence-corrected chi connectivity index (χ2v) is 4.38. The lowest BCUT2D eigenvalue weighted by molar-refractivity contribution is 0.370. The molecule has 2 N–H and O–H groups in total. The quantitative estimate of drug-likeness (QED) is 0.813. The van der Waals surface area contributed by atoms with Gasteiger partial charge in [-0.25, -0.2) is 0 Å². The van der Waals surface area contributed by atoms with Crippen molar-refractivity contribution in [3.05, 3.63) is 50.7 Å². The maximum Gasteiger partial charge on any atom is 0.167 e. The lowest BCUT2D eigenvalue weighted by Crippen LogP contribution is -2.12. The fourth-order valence-corrected chi connectivity index (χ4v) is 2.09. The second-order valence-electron chi connectivity index (χ2n) is 4.38. The van der Waals surface area contributed by atoms with Gasteiger partial charge >= 0.3 is 0 Å². The van der Waals surface area contributed by atoms with Crippen LogP contribution in [0.4, 0.5) is 0 Å². The largest absolute Gasteiger partial charge is 0.508 e. The normalized spacial score (nSPS) is 12.3. The lowest BCUT2D eigenvalue weighted by atomic mass is 10.1. The molecule has 0 saturated carbocycles. The molecule has 0 aliphatic carbocycles. The monoisotopic (exact) mass is 256 g/mol. The van der Waals surface area contributed by atoms with Crippen LogP contribution in [0.3, 0.4) is 0 Å². The van der Waals surface area contributed by atoms with Crippen molar-refractivity contribution >= 4 is 13.2 Å². The number of rotatable bonds is 1. The first-order valence-corrected chi connectivity index (χ1v) is 5.84. The minimum Gasteiger partial charge on any atom is -0.508 e. The molecule has 2 rings (SSSR count). The average Bonchev–Trinajstić information content (AvgIpc) is 2.38. The van der Waals surface area contributed by atoms with Crippen LogP contribution in [-0.2, 0) is 0 Å². The van der Waals surface area contributed by atoms with Gasteiger partial charge in [-0.1, -0.05) is 19.2 Å². The predicted molar refractivity (Wildman–Crippen MR) is 75.5 cm³/mol. The Bertz CT molecular complexity index is 823. The highest BCUT2D eigenvalue weighted by Gasteiger charge is 2.04. The number of methoxy groups -OCH3 is 1. The summed E-state index contributed by atoms with van der Waals surface area (Å²) in [6.07, 6.45) is 0. The Kier molecular flexibility index (Phi) is 3.21. The van der Waals surface area contributed by atoms with E-state index >= 15 is 0 Å². The third kappa shape index (κ3) is 2.03. The van der Waals surface area contributed by atoms with Crippen molar-refractivity contribution in [3.63, 3.8) is 0 Å². The summed E-state index contributed by atoms with van der Waals surface area (Å²) in [6, 6.07) is 6.73. The summed E-state index contributed by atoms with van der Waals surface area (Å²) in [5, 5.41) is 22.4. The molecule has 0 radical (unpaired) electrons. The molecule has 0 unspecified atom stereocenters. The van der Waals surface area contributed by atoms with Crippen molar-refractivity contribution in [1.29, 1.82) is 0 Å². The van der Waals surface area contributed by atoms with E-state index in [2.05, 4.69) is 13.2 Å². The molecule has 0 aliphatic rings. The fraction of sp³-hybridized carbons (Fsp3) is 0.125. The van der Waals surface area contributed by atoms with E-state index in [1.807, 2.05) is 6.92 Å². The highest BCUT2D eigenvalue weighted by molar-refractivity contribution is 5.43. The molecule has 0 amide bonds. The molecule has 98 valence electrons. The van der Waals surface area contributed by atoms with Crippen molar-refractivity contribution < 1.29 is 14.9 Å². The summed E-state index contributed by atoms with van der Waals surface area (Å²) in [5.41, 5.74) is 0.726. The zero-order chi connectivity index (χ0) is 14.2. The van der Waals surface area contributed by atoms with E-state index < -0.39 is 0 Å². The Balaban J connectivity index is 3.09. The summed E-state index contributed by atoms with van der Waals surface area (Å²) >= 11 is 0. The summed E-state index contributed by atoms with van der Waals surface area (Å²) < 4.78 is 5.15. The maximum absolute atomic E-state index is 9.71. The molecule has 0 aliphatic heterocycles. The van der Waals surface area contributed by atoms with Crippen LogP contribution >= 0.6 is 0 Å². The number of benzene rings is 2. The zero-order valence-electron chi connectivity index (χ0n) is 11.0. The number of aromatic hydroxyl groups is 2. The summed E-state index contributed by atoms with van der Waals surface area (Å²) in [6.45, 7) is 9.74. The summed E-state index contributed by atoms with van der Waals surface area (Å²) in [5.74, 6) is 0.616. The van der Waals surface area contributed by atoms with Crippen molar-refractivity contribution in [1.82, 2.24) is 0 Å². The van der Waals surface area contributed by atoms with E-state index in [9.17, 15) is 10.2 Å². The van der Waals surface area contributed by atoms with Gasteiger partial charge in [0.05, 0.1) is 7.11 Å². The number of phenolic OH excluding ortho intramolecular Hbond substituents is 2. The van der Waals surface area contributed by atoms with Gasteiger partial charge in [0, 0.05) is 5.22 Å². The first-order valence-electron chi connectivity index (χ1n) is 5.84. The molecule has 19 heavy (non-hydrogen) atoms. The molecular weight excluding hydrogens is 240 g/mol. The average molecular weight is 256 g/mol. The van der Waals surface area contributed by atoms with E-state index in [4.69, 9.17) is 4.74 Å². The minimum atomic E-state index is 0.0531. The molecule has 0 bridgehead atoms. The zero-order valence-corrected chi connectivity index (χ0v) is 11.0. The molecule has 0 fully saturated rings. The minimum absolute atomic E-state index is 0.0531. The third-order valence-electron chi connectivity index (χ3n) is 3.30. The topological polar surface area (TPSA) is 49.7 Å².